The Morgan fingerprint density at radius 3 is 2.36 bits per heavy atom. The second kappa shape index (κ2) is 9.28. The van der Waals surface area contributed by atoms with Gasteiger partial charge in [-0.05, 0) is 65.1 Å². The monoisotopic (exact) mass is 505 g/mol. The van der Waals surface area contributed by atoms with Gasteiger partial charge in [0.05, 0.1) is 6.54 Å². The van der Waals surface area contributed by atoms with Crippen molar-refractivity contribution >= 4 is 17.2 Å². The van der Waals surface area contributed by atoms with Crippen LogP contribution in [0, 0.1) is 0 Å². The van der Waals surface area contributed by atoms with E-state index in [4.69, 9.17) is 11.6 Å². The molecule has 0 amide bonds. The van der Waals surface area contributed by atoms with Crippen molar-refractivity contribution in [3.05, 3.63) is 106 Å². The number of aromatic nitrogens is 5. The largest absolute Gasteiger partial charge is 0.350 e. The zero-order chi connectivity index (χ0) is 25.4. The Bertz CT molecular complexity index is 1610. The normalized spacial score (nSPS) is 11.8. The second-order valence-electron chi connectivity index (χ2n) is 8.53. The molecule has 0 aliphatic carbocycles. The standard InChI is InChI=1S/C27H22ClF2N5O/c1-3-22-19(6-9-23(32-22)27(2,29)30)16-35-26(36)34-15-12-21(17-4-7-20(28)8-5-17)24(25(34)33-35)18-10-13-31-14-11-18/h4-15H,3,16H2,1-2H3. The first kappa shape index (κ1) is 23.8. The molecule has 0 aliphatic heterocycles. The fourth-order valence-corrected chi connectivity index (χ4v) is 4.37. The molecule has 4 aromatic heterocycles. The quantitative estimate of drug-likeness (QED) is 0.284. The van der Waals surface area contributed by atoms with Crippen molar-refractivity contribution in [3.63, 3.8) is 0 Å². The Morgan fingerprint density at radius 2 is 1.69 bits per heavy atom. The molecule has 0 saturated heterocycles. The van der Waals surface area contributed by atoms with Gasteiger partial charge in [-0.1, -0.05) is 36.7 Å². The summed E-state index contributed by atoms with van der Waals surface area (Å²) in [7, 11) is 0. The van der Waals surface area contributed by atoms with Crippen molar-refractivity contribution in [3.8, 4) is 22.3 Å². The molecule has 5 aromatic rings. The predicted molar refractivity (Wildman–Crippen MR) is 135 cm³/mol. The Balaban J connectivity index is 1.67. The van der Waals surface area contributed by atoms with Crippen LogP contribution in [0.4, 0.5) is 8.78 Å². The number of fused-ring (bicyclic) bond motifs is 1. The molecule has 0 spiro atoms. The van der Waals surface area contributed by atoms with Gasteiger partial charge in [0.25, 0.3) is 5.92 Å². The molecule has 36 heavy (non-hydrogen) atoms. The second-order valence-corrected chi connectivity index (χ2v) is 8.96. The van der Waals surface area contributed by atoms with Crippen LogP contribution in [0.25, 0.3) is 27.9 Å². The number of benzene rings is 1. The van der Waals surface area contributed by atoms with Crippen molar-refractivity contribution in [1.29, 1.82) is 0 Å². The molecular weight excluding hydrogens is 484 g/mol. The van der Waals surface area contributed by atoms with Crippen molar-refractivity contribution in [2.24, 2.45) is 0 Å². The van der Waals surface area contributed by atoms with E-state index in [-0.39, 0.29) is 17.9 Å². The van der Waals surface area contributed by atoms with E-state index in [1.54, 1.807) is 24.7 Å². The van der Waals surface area contributed by atoms with Crippen LogP contribution in [-0.2, 0) is 18.9 Å². The van der Waals surface area contributed by atoms with Gasteiger partial charge in [-0.2, -0.15) is 8.78 Å². The number of pyridine rings is 3. The lowest BCUT2D eigenvalue weighted by Gasteiger charge is -2.13. The van der Waals surface area contributed by atoms with E-state index < -0.39 is 5.92 Å². The molecule has 1 aromatic carbocycles. The van der Waals surface area contributed by atoms with Crippen LogP contribution >= 0.6 is 11.6 Å². The Kier molecular flexibility index (Phi) is 6.14. The van der Waals surface area contributed by atoms with Crippen LogP contribution in [0.3, 0.4) is 0 Å². The minimum Gasteiger partial charge on any atom is -0.265 e. The number of aryl methyl sites for hydroxylation is 1. The number of hydrogen-bond donors (Lipinski definition) is 0. The maximum Gasteiger partial charge on any atom is 0.350 e. The minimum atomic E-state index is -3.04. The molecule has 0 fully saturated rings. The van der Waals surface area contributed by atoms with Gasteiger partial charge in [0.1, 0.15) is 5.69 Å². The van der Waals surface area contributed by atoms with Crippen LogP contribution in [-0.4, -0.2) is 24.1 Å². The highest BCUT2D eigenvalue weighted by molar-refractivity contribution is 6.30. The van der Waals surface area contributed by atoms with Crippen LogP contribution < -0.4 is 5.69 Å². The van der Waals surface area contributed by atoms with Gasteiger partial charge in [-0.25, -0.2) is 13.9 Å². The summed E-state index contributed by atoms with van der Waals surface area (Å²) in [5.41, 5.74) is 4.44. The smallest absolute Gasteiger partial charge is 0.265 e. The summed E-state index contributed by atoms with van der Waals surface area (Å²) in [6, 6.07) is 15.9. The van der Waals surface area contributed by atoms with Crippen molar-refractivity contribution in [2.75, 3.05) is 0 Å². The SMILES string of the molecule is CCc1nc(C(C)(F)F)ccc1Cn1nc2c(-c3ccncc3)c(-c3ccc(Cl)cc3)ccn2c1=O. The third-order valence-electron chi connectivity index (χ3n) is 6.05. The lowest BCUT2D eigenvalue weighted by molar-refractivity contribution is 0.0125. The Labute approximate surface area is 210 Å². The van der Waals surface area contributed by atoms with Gasteiger partial charge in [0.2, 0.25) is 0 Å². The number of rotatable bonds is 6. The zero-order valence-corrected chi connectivity index (χ0v) is 20.4. The Hall–Kier alpha value is -3.91. The predicted octanol–water partition coefficient (Wildman–Crippen LogP) is 6.00. The summed E-state index contributed by atoms with van der Waals surface area (Å²) in [4.78, 5) is 21.6. The molecular formula is C27H22ClF2N5O. The summed E-state index contributed by atoms with van der Waals surface area (Å²) >= 11 is 6.10. The fourth-order valence-electron chi connectivity index (χ4n) is 4.24. The van der Waals surface area contributed by atoms with E-state index in [0.29, 0.717) is 28.3 Å². The summed E-state index contributed by atoms with van der Waals surface area (Å²) in [5.74, 6) is -3.04. The number of nitrogens with zero attached hydrogens (tertiary/aromatic N) is 5. The Morgan fingerprint density at radius 1 is 0.972 bits per heavy atom. The van der Waals surface area contributed by atoms with Gasteiger partial charge < -0.3 is 0 Å². The van der Waals surface area contributed by atoms with E-state index in [0.717, 1.165) is 29.2 Å². The average Bonchev–Trinajstić information content (AvgIpc) is 3.19. The van der Waals surface area contributed by atoms with Gasteiger partial charge in [-0.3, -0.25) is 9.97 Å². The van der Waals surface area contributed by atoms with Crippen molar-refractivity contribution < 1.29 is 8.78 Å². The maximum absolute atomic E-state index is 13.8. The average molecular weight is 506 g/mol. The summed E-state index contributed by atoms with van der Waals surface area (Å²) in [6.07, 6.45) is 5.51. The summed E-state index contributed by atoms with van der Waals surface area (Å²) in [5, 5.41) is 5.30. The third kappa shape index (κ3) is 4.40. The maximum atomic E-state index is 13.8. The molecule has 0 unspecified atom stereocenters. The van der Waals surface area contributed by atoms with Gasteiger partial charge >= 0.3 is 5.69 Å². The van der Waals surface area contributed by atoms with Crippen LogP contribution in [0.2, 0.25) is 5.02 Å². The first-order chi connectivity index (χ1) is 17.3. The third-order valence-corrected chi connectivity index (χ3v) is 6.30. The topological polar surface area (TPSA) is 65.1 Å². The first-order valence-corrected chi connectivity index (χ1v) is 11.8. The van der Waals surface area contributed by atoms with E-state index in [2.05, 4.69) is 15.1 Å². The van der Waals surface area contributed by atoms with Crippen molar-refractivity contribution in [1.82, 2.24) is 24.1 Å². The minimum absolute atomic E-state index is 0.109. The molecule has 5 rings (SSSR count). The molecule has 9 heteroatoms. The highest BCUT2D eigenvalue weighted by Gasteiger charge is 2.27. The van der Waals surface area contributed by atoms with E-state index in [1.165, 1.54) is 15.1 Å². The lowest BCUT2D eigenvalue weighted by Crippen LogP contribution is -2.22. The molecule has 0 radical (unpaired) electrons. The summed E-state index contributed by atoms with van der Waals surface area (Å²) < 4.78 is 30.4. The molecule has 4 heterocycles. The number of halogens is 3. The van der Waals surface area contributed by atoms with E-state index >= 15 is 0 Å². The number of hydrogen-bond acceptors (Lipinski definition) is 4. The molecule has 0 atom stereocenters. The molecule has 0 aliphatic rings. The lowest BCUT2D eigenvalue weighted by atomic mass is 9.96. The first-order valence-electron chi connectivity index (χ1n) is 11.4. The molecule has 0 N–H and O–H groups in total. The number of alkyl halides is 2. The summed E-state index contributed by atoms with van der Waals surface area (Å²) in [6.45, 7) is 2.77. The van der Waals surface area contributed by atoms with Gasteiger partial charge in [0.15, 0.2) is 5.65 Å². The van der Waals surface area contributed by atoms with Crippen LogP contribution in [0.1, 0.15) is 30.8 Å². The fraction of sp³-hybridized carbons (Fsp3) is 0.185. The molecule has 182 valence electrons. The molecule has 6 nitrogen and oxygen atoms in total. The van der Waals surface area contributed by atoms with E-state index in [1.807, 2.05) is 49.4 Å². The van der Waals surface area contributed by atoms with Crippen LogP contribution in [0.15, 0.2) is 78.0 Å². The van der Waals surface area contributed by atoms with Crippen molar-refractivity contribution in [2.45, 2.75) is 32.7 Å². The molecule has 0 saturated carbocycles. The van der Waals surface area contributed by atoms with Crippen LogP contribution in [0.5, 0.6) is 0 Å². The highest BCUT2D eigenvalue weighted by Crippen LogP contribution is 2.35. The highest BCUT2D eigenvalue weighted by atomic mass is 35.5. The van der Waals surface area contributed by atoms with Gasteiger partial charge in [0, 0.05) is 41.8 Å². The molecule has 0 bridgehead atoms. The zero-order valence-electron chi connectivity index (χ0n) is 19.6. The van der Waals surface area contributed by atoms with Gasteiger partial charge in [-0.15, -0.1) is 5.10 Å². The van der Waals surface area contributed by atoms with E-state index in [9.17, 15) is 13.6 Å².